The van der Waals surface area contributed by atoms with E-state index >= 15 is 0 Å². The highest BCUT2D eigenvalue weighted by molar-refractivity contribution is 7.80. The van der Waals surface area contributed by atoms with E-state index in [4.69, 9.17) is 17.0 Å². The first-order valence-corrected chi connectivity index (χ1v) is 9.83. The molecule has 1 aliphatic rings. The van der Waals surface area contributed by atoms with E-state index in [0.29, 0.717) is 11.2 Å². The third-order valence-corrected chi connectivity index (χ3v) is 5.18. The van der Waals surface area contributed by atoms with Crippen molar-refractivity contribution in [1.29, 1.82) is 0 Å². The van der Waals surface area contributed by atoms with E-state index in [1.165, 1.54) is 42.4 Å². The Balaban J connectivity index is 1.53. The minimum atomic E-state index is 0.153. The Kier molecular flexibility index (Phi) is 6.15. The minimum Gasteiger partial charge on any atom is -0.490 e. The maximum Gasteiger partial charge on any atom is 0.171 e. The molecule has 0 unspecified atom stereocenters. The fourth-order valence-electron chi connectivity index (χ4n) is 3.57. The third kappa shape index (κ3) is 4.98. The predicted octanol–water partition coefficient (Wildman–Crippen LogP) is 5.67. The lowest BCUT2D eigenvalue weighted by molar-refractivity contribution is 0.210. The van der Waals surface area contributed by atoms with Crippen molar-refractivity contribution in [3.63, 3.8) is 0 Å². The zero-order valence-electron chi connectivity index (χ0n) is 15.8. The molecule has 1 saturated carbocycles. The Morgan fingerprint density at radius 3 is 2.42 bits per heavy atom. The third-order valence-electron chi connectivity index (χ3n) is 4.96. The van der Waals surface area contributed by atoms with E-state index in [1.807, 2.05) is 24.3 Å². The molecule has 0 amide bonds. The molecule has 0 saturated heterocycles. The standard InChI is InChI=1S/C22H28N2OS/c1-15-8-13-21(16(2)14-15)17(3)23-22(26)24-18-9-11-20(12-10-18)25-19-6-4-5-7-19/h8-14,17,19H,4-7H2,1-3H3,(H2,23,24,26)/t17-/m0/s1. The summed E-state index contributed by atoms with van der Waals surface area (Å²) in [4.78, 5) is 0. The van der Waals surface area contributed by atoms with Gasteiger partial charge < -0.3 is 15.4 Å². The zero-order valence-corrected chi connectivity index (χ0v) is 16.7. The van der Waals surface area contributed by atoms with Gasteiger partial charge in [0.15, 0.2) is 5.11 Å². The molecule has 2 aromatic carbocycles. The van der Waals surface area contributed by atoms with E-state index in [-0.39, 0.29) is 6.04 Å². The smallest absolute Gasteiger partial charge is 0.171 e. The monoisotopic (exact) mass is 368 g/mol. The molecule has 1 aliphatic carbocycles. The van der Waals surface area contributed by atoms with Gasteiger partial charge in [-0.05, 0) is 94.1 Å². The largest absolute Gasteiger partial charge is 0.490 e. The molecule has 0 radical (unpaired) electrons. The van der Waals surface area contributed by atoms with Gasteiger partial charge >= 0.3 is 0 Å². The number of ether oxygens (including phenoxy) is 1. The van der Waals surface area contributed by atoms with Crippen LogP contribution in [0.5, 0.6) is 5.75 Å². The van der Waals surface area contributed by atoms with Crippen LogP contribution in [-0.4, -0.2) is 11.2 Å². The predicted molar refractivity (Wildman–Crippen MR) is 113 cm³/mol. The van der Waals surface area contributed by atoms with Crippen LogP contribution in [-0.2, 0) is 0 Å². The zero-order chi connectivity index (χ0) is 18.5. The molecule has 0 aliphatic heterocycles. The van der Waals surface area contributed by atoms with Crippen LogP contribution in [0.15, 0.2) is 42.5 Å². The topological polar surface area (TPSA) is 33.3 Å². The fourth-order valence-corrected chi connectivity index (χ4v) is 3.86. The molecule has 4 heteroatoms. The molecular weight excluding hydrogens is 340 g/mol. The van der Waals surface area contributed by atoms with Gasteiger partial charge in [-0.15, -0.1) is 0 Å². The van der Waals surface area contributed by atoms with Crippen LogP contribution in [0.2, 0.25) is 0 Å². The Morgan fingerprint density at radius 2 is 1.77 bits per heavy atom. The Morgan fingerprint density at radius 1 is 1.08 bits per heavy atom. The van der Waals surface area contributed by atoms with Crippen LogP contribution in [0.25, 0.3) is 0 Å². The first-order valence-electron chi connectivity index (χ1n) is 9.42. The second-order valence-electron chi connectivity index (χ2n) is 7.23. The van der Waals surface area contributed by atoms with Gasteiger partial charge in [0.2, 0.25) is 0 Å². The molecule has 1 fully saturated rings. The Hall–Kier alpha value is -2.07. The summed E-state index contributed by atoms with van der Waals surface area (Å²) in [5.41, 5.74) is 4.79. The summed E-state index contributed by atoms with van der Waals surface area (Å²) in [6.45, 7) is 6.38. The highest BCUT2D eigenvalue weighted by atomic mass is 32.1. The van der Waals surface area contributed by atoms with Gasteiger partial charge in [-0.3, -0.25) is 0 Å². The Bertz CT molecular complexity index is 751. The summed E-state index contributed by atoms with van der Waals surface area (Å²) in [5.74, 6) is 0.935. The van der Waals surface area contributed by atoms with E-state index in [9.17, 15) is 0 Å². The second-order valence-corrected chi connectivity index (χ2v) is 7.64. The molecule has 0 heterocycles. The van der Waals surface area contributed by atoms with Crippen LogP contribution in [0, 0.1) is 13.8 Å². The lowest BCUT2D eigenvalue weighted by Crippen LogP contribution is -2.31. The van der Waals surface area contributed by atoms with Crippen LogP contribution in [0.1, 0.15) is 55.3 Å². The number of thiocarbonyl (C=S) groups is 1. The quantitative estimate of drug-likeness (QED) is 0.666. The number of nitrogens with one attached hydrogen (secondary N) is 2. The minimum absolute atomic E-state index is 0.153. The van der Waals surface area contributed by atoms with Crippen LogP contribution in [0.4, 0.5) is 5.69 Å². The summed E-state index contributed by atoms with van der Waals surface area (Å²) >= 11 is 5.48. The van der Waals surface area contributed by atoms with E-state index in [2.05, 4.69) is 49.6 Å². The lowest BCUT2D eigenvalue weighted by atomic mass is 10.0. The average molecular weight is 369 g/mol. The molecule has 0 spiro atoms. The van der Waals surface area contributed by atoms with Crippen LogP contribution < -0.4 is 15.4 Å². The van der Waals surface area contributed by atoms with Crippen molar-refractivity contribution in [2.24, 2.45) is 0 Å². The van der Waals surface area contributed by atoms with Crippen molar-refractivity contribution in [2.45, 2.75) is 58.6 Å². The summed E-state index contributed by atoms with van der Waals surface area (Å²) in [5, 5.41) is 7.25. The summed E-state index contributed by atoms with van der Waals surface area (Å²) in [6, 6.07) is 14.7. The van der Waals surface area contributed by atoms with Crippen molar-refractivity contribution in [3.8, 4) is 5.75 Å². The number of hydrogen-bond donors (Lipinski definition) is 2. The van der Waals surface area contributed by atoms with Crippen molar-refractivity contribution in [3.05, 3.63) is 59.2 Å². The van der Waals surface area contributed by atoms with E-state index in [0.717, 1.165) is 11.4 Å². The molecule has 2 N–H and O–H groups in total. The van der Waals surface area contributed by atoms with Crippen molar-refractivity contribution >= 4 is 23.0 Å². The molecule has 1 atom stereocenters. The maximum absolute atomic E-state index is 6.00. The number of benzene rings is 2. The number of aryl methyl sites for hydroxylation is 2. The fraction of sp³-hybridized carbons (Fsp3) is 0.409. The summed E-state index contributed by atoms with van der Waals surface area (Å²) in [7, 11) is 0. The average Bonchev–Trinajstić information content (AvgIpc) is 3.09. The molecule has 26 heavy (non-hydrogen) atoms. The van der Waals surface area contributed by atoms with Crippen molar-refractivity contribution in [2.75, 3.05) is 5.32 Å². The van der Waals surface area contributed by atoms with E-state index < -0.39 is 0 Å². The number of rotatable bonds is 5. The Labute approximate surface area is 162 Å². The first kappa shape index (κ1) is 18.7. The van der Waals surface area contributed by atoms with Crippen molar-refractivity contribution < 1.29 is 4.74 Å². The second kappa shape index (κ2) is 8.54. The molecule has 138 valence electrons. The molecule has 2 aromatic rings. The van der Waals surface area contributed by atoms with Gasteiger partial charge in [-0.25, -0.2) is 0 Å². The van der Waals surface area contributed by atoms with Crippen LogP contribution >= 0.6 is 12.2 Å². The highest BCUT2D eigenvalue weighted by Crippen LogP contribution is 2.25. The van der Waals surface area contributed by atoms with E-state index in [1.54, 1.807) is 0 Å². The molecular formula is C22H28N2OS. The number of hydrogen-bond acceptors (Lipinski definition) is 2. The highest BCUT2D eigenvalue weighted by Gasteiger charge is 2.16. The summed E-state index contributed by atoms with van der Waals surface area (Å²) in [6.07, 6.45) is 5.29. The lowest BCUT2D eigenvalue weighted by Gasteiger charge is -2.20. The van der Waals surface area contributed by atoms with Gasteiger partial charge in [0.05, 0.1) is 12.1 Å². The summed E-state index contributed by atoms with van der Waals surface area (Å²) < 4.78 is 6.00. The van der Waals surface area contributed by atoms with Gasteiger partial charge in [-0.2, -0.15) is 0 Å². The number of anilines is 1. The van der Waals surface area contributed by atoms with Crippen LogP contribution in [0.3, 0.4) is 0 Å². The molecule has 3 rings (SSSR count). The van der Waals surface area contributed by atoms with Crippen molar-refractivity contribution in [1.82, 2.24) is 5.32 Å². The molecule has 0 bridgehead atoms. The molecule has 0 aromatic heterocycles. The first-order chi connectivity index (χ1) is 12.5. The normalized spacial score (nSPS) is 15.5. The maximum atomic E-state index is 6.00. The van der Waals surface area contributed by atoms with Gasteiger partial charge in [0, 0.05) is 5.69 Å². The van der Waals surface area contributed by atoms with Gasteiger partial charge in [0.25, 0.3) is 0 Å². The SMILES string of the molecule is Cc1ccc([C@H](C)NC(=S)Nc2ccc(OC3CCCC3)cc2)c(C)c1. The van der Waals surface area contributed by atoms with Gasteiger partial charge in [0.1, 0.15) is 5.75 Å². The molecule has 3 nitrogen and oxygen atoms in total. The van der Waals surface area contributed by atoms with Gasteiger partial charge in [-0.1, -0.05) is 23.8 Å².